The lowest BCUT2D eigenvalue weighted by Crippen LogP contribution is -2.40. The molecular weight excluding hydrogens is 472 g/mol. The lowest BCUT2D eigenvalue weighted by Gasteiger charge is -2.26. The minimum atomic E-state index is -3.64. The van der Waals surface area contributed by atoms with E-state index >= 15 is 0 Å². The lowest BCUT2D eigenvalue weighted by atomic mass is 10.3. The van der Waals surface area contributed by atoms with E-state index in [0.29, 0.717) is 61.2 Å². The maximum Gasteiger partial charge on any atom is 0.331 e. The minimum Gasteiger partial charge on any atom is -0.454 e. The van der Waals surface area contributed by atoms with E-state index in [1.807, 2.05) is 29.7 Å². The van der Waals surface area contributed by atoms with Crippen molar-refractivity contribution in [2.45, 2.75) is 25.0 Å². The molecule has 5 rings (SSSR count). The number of benzene rings is 2. The first-order chi connectivity index (χ1) is 17.0. The second-order valence-electron chi connectivity index (χ2n) is 7.90. The van der Waals surface area contributed by atoms with Gasteiger partial charge in [-0.2, -0.15) is 4.31 Å². The van der Waals surface area contributed by atoms with Crippen molar-refractivity contribution >= 4 is 44.2 Å². The number of ether oxygens (including phenoxy) is 2. The molecule has 0 radical (unpaired) electrons. The van der Waals surface area contributed by atoms with Crippen LogP contribution >= 0.6 is 0 Å². The molecule has 1 aliphatic rings. The van der Waals surface area contributed by atoms with Crippen LogP contribution in [0.1, 0.15) is 18.6 Å². The first kappa shape index (κ1) is 23.2. The van der Waals surface area contributed by atoms with Crippen molar-refractivity contribution in [3.8, 4) is 0 Å². The van der Waals surface area contributed by atoms with E-state index in [4.69, 9.17) is 13.9 Å². The number of esters is 1. The number of carbonyl (C=O) groups is 1. The predicted molar refractivity (Wildman–Crippen MR) is 128 cm³/mol. The number of nitrogens with zero attached hydrogens (tertiary/aromatic N) is 4. The van der Waals surface area contributed by atoms with Gasteiger partial charge in [0.15, 0.2) is 5.58 Å². The third-order valence-electron chi connectivity index (χ3n) is 5.74. The van der Waals surface area contributed by atoms with Crippen LogP contribution in [0.25, 0.3) is 28.2 Å². The Morgan fingerprint density at radius 2 is 1.91 bits per heavy atom. The summed E-state index contributed by atoms with van der Waals surface area (Å²) in [6, 6.07) is 12.2. The van der Waals surface area contributed by atoms with Crippen LogP contribution in [-0.2, 0) is 37.4 Å². The van der Waals surface area contributed by atoms with Gasteiger partial charge in [-0.15, -0.1) is 0 Å². The zero-order valence-electron chi connectivity index (χ0n) is 19.1. The van der Waals surface area contributed by atoms with Crippen LogP contribution in [0.5, 0.6) is 0 Å². The van der Waals surface area contributed by atoms with Crippen molar-refractivity contribution in [1.29, 1.82) is 0 Å². The number of hydrogen-bond acceptors (Lipinski definition) is 8. The standard InChI is InChI=1S/C24H24N4O6S/c1-2-28-20-8-7-17(35(30,31)27-11-13-32-14-12-27)15-19(20)25-22(28)16-33-24(29)10-9-23-26-18-5-3-4-6-21(18)34-23/h3-10,15H,2,11-14,16H2,1H3/b10-9+. The average molecular weight is 497 g/mol. The highest BCUT2D eigenvalue weighted by Crippen LogP contribution is 2.24. The third kappa shape index (κ3) is 4.70. The summed E-state index contributed by atoms with van der Waals surface area (Å²) >= 11 is 0. The summed E-state index contributed by atoms with van der Waals surface area (Å²) in [5, 5.41) is 0. The minimum absolute atomic E-state index is 0.0647. The Morgan fingerprint density at radius 1 is 1.11 bits per heavy atom. The van der Waals surface area contributed by atoms with Gasteiger partial charge < -0.3 is 18.5 Å². The smallest absolute Gasteiger partial charge is 0.331 e. The monoisotopic (exact) mass is 496 g/mol. The molecule has 10 nitrogen and oxygen atoms in total. The van der Waals surface area contributed by atoms with Crippen LogP contribution in [0, 0.1) is 0 Å². The number of aryl methyl sites for hydroxylation is 1. The predicted octanol–water partition coefficient (Wildman–Crippen LogP) is 2.97. The number of imidazole rings is 1. The van der Waals surface area contributed by atoms with Crippen molar-refractivity contribution < 1.29 is 27.1 Å². The molecule has 1 saturated heterocycles. The Morgan fingerprint density at radius 3 is 2.69 bits per heavy atom. The average Bonchev–Trinajstić information content (AvgIpc) is 3.46. The second kappa shape index (κ2) is 9.61. The van der Waals surface area contributed by atoms with Crippen molar-refractivity contribution in [3.05, 3.63) is 60.3 Å². The third-order valence-corrected chi connectivity index (χ3v) is 7.63. The van der Waals surface area contributed by atoms with E-state index in [2.05, 4.69) is 9.97 Å². The Bertz CT molecular complexity index is 1480. The lowest BCUT2D eigenvalue weighted by molar-refractivity contribution is -0.139. The highest BCUT2D eigenvalue weighted by atomic mass is 32.2. The van der Waals surface area contributed by atoms with Gasteiger partial charge >= 0.3 is 5.97 Å². The molecule has 3 heterocycles. The summed E-state index contributed by atoms with van der Waals surface area (Å²) in [5.74, 6) is 0.252. The summed E-state index contributed by atoms with van der Waals surface area (Å²) in [4.78, 5) is 21.3. The van der Waals surface area contributed by atoms with Gasteiger partial charge in [0.1, 0.15) is 17.9 Å². The van der Waals surface area contributed by atoms with E-state index in [-0.39, 0.29) is 11.5 Å². The zero-order chi connectivity index (χ0) is 24.4. The highest BCUT2D eigenvalue weighted by molar-refractivity contribution is 7.89. The molecule has 11 heteroatoms. The number of oxazole rings is 1. The summed E-state index contributed by atoms with van der Waals surface area (Å²) in [7, 11) is -3.64. The maximum atomic E-state index is 13.0. The Balaban J connectivity index is 1.31. The van der Waals surface area contributed by atoms with Gasteiger partial charge in [0.05, 0.1) is 29.1 Å². The molecule has 35 heavy (non-hydrogen) atoms. The fourth-order valence-corrected chi connectivity index (χ4v) is 5.43. The largest absolute Gasteiger partial charge is 0.454 e. The second-order valence-corrected chi connectivity index (χ2v) is 9.84. The SMILES string of the molecule is CCn1c(COC(=O)/C=C/c2nc3ccccc3o2)nc2cc(S(=O)(=O)N3CCOCC3)ccc21. The van der Waals surface area contributed by atoms with Crippen LogP contribution in [0.2, 0.25) is 0 Å². The molecule has 2 aromatic carbocycles. The van der Waals surface area contributed by atoms with Gasteiger partial charge in [0.25, 0.3) is 0 Å². The van der Waals surface area contributed by atoms with Gasteiger partial charge in [0, 0.05) is 31.8 Å². The Kier molecular flexibility index (Phi) is 6.37. The van der Waals surface area contributed by atoms with E-state index in [1.54, 1.807) is 24.3 Å². The first-order valence-electron chi connectivity index (χ1n) is 11.2. The Labute approximate surface area is 201 Å². The van der Waals surface area contributed by atoms with Crippen LogP contribution in [0.15, 0.2) is 57.9 Å². The fourth-order valence-electron chi connectivity index (χ4n) is 4.00. The number of para-hydroxylation sites is 2. The van der Waals surface area contributed by atoms with Crippen molar-refractivity contribution in [1.82, 2.24) is 18.8 Å². The number of rotatable bonds is 7. The number of fused-ring (bicyclic) bond motifs is 2. The molecule has 0 amide bonds. The van der Waals surface area contributed by atoms with E-state index in [1.165, 1.54) is 16.5 Å². The van der Waals surface area contributed by atoms with E-state index in [0.717, 1.165) is 5.52 Å². The van der Waals surface area contributed by atoms with Crippen molar-refractivity contribution in [2.75, 3.05) is 26.3 Å². The molecule has 0 unspecified atom stereocenters. The molecule has 0 aliphatic carbocycles. The quantitative estimate of drug-likeness (QED) is 0.283. The molecule has 182 valence electrons. The molecule has 1 aliphatic heterocycles. The number of morpholine rings is 1. The molecular formula is C24H24N4O6S. The molecule has 0 N–H and O–H groups in total. The molecule has 1 fully saturated rings. The van der Waals surface area contributed by atoms with Crippen LogP contribution < -0.4 is 0 Å². The number of sulfonamides is 1. The van der Waals surface area contributed by atoms with E-state index < -0.39 is 16.0 Å². The van der Waals surface area contributed by atoms with Gasteiger partial charge in [0.2, 0.25) is 15.9 Å². The topological polar surface area (TPSA) is 117 Å². The molecule has 0 saturated carbocycles. The molecule has 0 bridgehead atoms. The molecule has 0 spiro atoms. The summed E-state index contributed by atoms with van der Waals surface area (Å²) in [5.41, 5.74) is 2.62. The first-order valence-corrected chi connectivity index (χ1v) is 12.7. The molecule has 4 aromatic rings. The summed E-state index contributed by atoms with van der Waals surface area (Å²) < 4.78 is 45.5. The van der Waals surface area contributed by atoms with Gasteiger partial charge in [-0.1, -0.05) is 12.1 Å². The number of aromatic nitrogens is 3. The van der Waals surface area contributed by atoms with Crippen LogP contribution in [0.3, 0.4) is 0 Å². The number of hydrogen-bond donors (Lipinski definition) is 0. The Hall–Kier alpha value is -3.54. The van der Waals surface area contributed by atoms with Gasteiger partial charge in [-0.3, -0.25) is 0 Å². The van der Waals surface area contributed by atoms with E-state index in [9.17, 15) is 13.2 Å². The van der Waals surface area contributed by atoms with Crippen LogP contribution in [0.4, 0.5) is 0 Å². The highest BCUT2D eigenvalue weighted by Gasteiger charge is 2.27. The fraction of sp³-hybridized carbons (Fsp3) is 0.292. The van der Waals surface area contributed by atoms with Gasteiger partial charge in [-0.05, 0) is 37.3 Å². The number of carbonyl (C=O) groups excluding carboxylic acids is 1. The summed E-state index contributed by atoms with van der Waals surface area (Å²) in [6.45, 7) is 3.86. The van der Waals surface area contributed by atoms with Crippen LogP contribution in [-0.4, -0.2) is 59.5 Å². The normalized spacial score (nSPS) is 15.3. The van der Waals surface area contributed by atoms with Gasteiger partial charge in [-0.25, -0.2) is 23.2 Å². The maximum absolute atomic E-state index is 13.0. The molecule has 2 aromatic heterocycles. The van der Waals surface area contributed by atoms with Crippen molar-refractivity contribution in [3.63, 3.8) is 0 Å². The zero-order valence-corrected chi connectivity index (χ0v) is 19.9. The molecule has 0 atom stereocenters. The summed E-state index contributed by atoms with van der Waals surface area (Å²) in [6.07, 6.45) is 2.70. The van der Waals surface area contributed by atoms with Crippen molar-refractivity contribution in [2.24, 2.45) is 0 Å².